The van der Waals surface area contributed by atoms with Gasteiger partial charge in [0.1, 0.15) is 0 Å². The van der Waals surface area contributed by atoms with E-state index >= 15 is 0 Å². The Bertz CT molecular complexity index is 137. The lowest BCUT2D eigenvalue weighted by molar-refractivity contribution is 0.0680. The average Bonchev–Trinajstić information content (AvgIpc) is 2.15. The van der Waals surface area contributed by atoms with Crippen molar-refractivity contribution >= 4 is 15.1 Å². The molecule has 0 amide bonds. The molecule has 0 saturated carbocycles. The summed E-state index contributed by atoms with van der Waals surface area (Å²) in [6.07, 6.45) is 0. The smallest absolute Gasteiger partial charge is 0.454 e. The maximum atomic E-state index is 5.70. The summed E-state index contributed by atoms with van der Waals surface area (Å²) < 4.78 is 17.1. The lowest BCUT2D eigenvalue weighted by Crippen LogP contribution is -2.31. The SMILES string of the molecule is CC(C)C[O][Al]([O]CC(C)C)[O]CC(C)C.[HH]. The molecule has 0 radical (unpaired) electrons. The van der Waals surface area contributed by atoms with Crippen molar-refractivity contribution in [1.82, 2.24) is 0 Å². The van der Waals surface area contributed by atoms with E-state index in [1.165, 1.54) is 0 Å². The fourth-order valence-electron chi connectivity index (χ4n) is 0.957. The van der Waals surface area contributed by atoms with Crippen molar-refractivity contribution < 1.29 is 12.8 Å². The van der Waals surface area contributed by atoms with E-state index in [2.05, 4.69) is 41.5 Å². The maximum absolute atomic E-state index is 5.70. The van der Waals surface area contributed by atoms with Crippen molar-refractivity contribution in [2.24, 2.45) is 17.8 Å². The Morgan fingerprint density at radius 2 is 0.938 bits per heavy atom. The molecule has 0 N–H and O–H groups in total. The summed E-state index contributed by atoms with van der Waals surface area (Å²) >= 11 is -1.90. The summed E-state index contributed by atoms with van der Waals surface area (Å²) in [5.41, 5.74) is 0. The minimum absolute atomic E-state index is 0. The van der Waals surface area contributed by atoms with Gasteiger partial charge in [-0.25, -0.2) is 0 Å². The average molecular weight is 248 g/mol. The normalized spacial score (nSPS) is 11.8. The topological polar surface area (TPSA) is 27.7 Å². The second-order valence-corrected chi connectivity index (χ2v) is 7.05. The molecular formula is C12H29AlO3. The summed E-state index contributed by atoms with van der Waals surface area (Å²) in [6, 6.07) is 0. The van der Waals surface area contributed by atoms with Gasteiger partial charge in [-0.3, -0.25) is 0 Å². The van der Waals surface area contributed by atoms with Crippen LogP contribution in [-0.2, 0) is 11.4 Å². The Balaban J connectivity index is 0. The van der Waals surface area contributed by atoms with Crippen molar-refractivity contribution in [3.05, 3.63) is 0 Å². The van der Waals surface area contributed by atoms with Crippen molar-refractivity contribution in [2.75, 3.05) is 19.8 Å². The van der Waals surface area contributed by atoms with Gasteiger partial charge in [0, 0.05) is 21.2 Å². The molecule has 0 fully saturated rings. The van der Waals surface area contributed by atoms with Crippen molar-refractivity contribution in [3.8, 4) is 0 Å². The monoisotopic (exact) mass is 248 g/mol. The second kappa shape index (κ2) is 9.44. The molecule has 0 unspecified atom stereocenters. The highest BCUT2D eigenvalue weighted by molar-refractivity contribution is 6.36. The summed E-state index contributed by atoms with van der Waals surface area (Å²) in [5, 5.41) is 0. The first kappa shape index (κ1) is 16.4. The van der Waals surface area contributed by atoms with Gasteiger partial charge in [-0.05, 0) is 17.8 Å². The Hall–Kier alpha value is 0.412. The van der Waals surface area contributed by atoms with Gasteiger partial charge < -0.3 is 11.4 Å². The first-order valence-corrected chi connectivity index (χ1v) is 7.68. The predicted molar refractivity (Wildman–Crippen MR) is 70.2 cm³/mol. The van der Waals surface area contributed by atoms with E-state index < -0.39 is 15.1 Å². The van der Waals surface area contributed by atoms with Gasteiger partial charge >= 0.3 is 15.1 Å². The molecule has 3 nitrogen and oxygen atoms in total. The van der Waals surface area contributed by atoms with E-state index in [1.807, 2.05) is 0 Å². The Morgan fingerprint density at radius 3 is 1.12 bits per heavy atom. The van der Waals surface area contributed by atoms with Crippen LogP contribution in [0.5, 0.6) is 0 Å². The zero-order valence-electron chi connectivity index (χ0n) is 11.7. The fraction of sp³-hybridized carbons (Fsp3) is 1.00. The van der Waals surface area contributed by atoms with Crippen molar-refractivity contribution in [2.45, 2.75) is 41.5 Å². The predicted octanol–water partition coefficient (Wildman–Crippen LogP) is 3.24. The molecule has 16 heavy (non-hydrogen) atoms. The number of rotatable bonds is 9. The van der Waals surface area contributed by atoms with Crippen LogP contribution in [0.25, 0.3) is 0 Å². The molecule has 0 aliphatic carbocycles. The van der Waals surface area contributed by atoms with E-state index in [-0.39, 0.29) is 1.43 Å². The molecule has 0 aromatic rings. The molecule has 0 heterocycles. The van der Waals surface area contributed by atoms with Gasteiger partial charge in [0.25, 0.3) is 0 Å². The van der Waals surface area contributed by atoms with Crippen LogP contribution >= 0.6 is 0 Å². The van der Waals surface area contributed by atoms with Crippen LogP contribution in [0.4, 0.5) is 0 Å². The molecule has 4 heteroatoms. The van der Waals surface area contributed by atoms with E-state index in [4.69, 9.17) is 11.4 Å². The summed E-state index contributed by atoms with van der Waals surface area (Å²) in [4.78, 5) is 0. The highest BCUT2D eigenvalue weighted by atomic mass is 27.3. The van der Waals surface area contributed by atoms with Gasteiger partial charge in [-0.15, -0.1) is 0 Å². The van der Waals surface area contributed by atoms with Crippen LogP contribution in [0.1, 0.15) is 43.0 Å². The van der Waals surface area contributed by atoms with Gasteiger partial charge in [-0.1, -0.05) is 41.5 Å². The standard InChI is InChI=1S/3C4H9O.Al.H2/c3*1-4(2)3-5;;/h3*4H,3H2,1-2H3;;1H/q3*-1;+3;. The van der Waals surface area contributed by atoms with Crippen LogP contribution in [0.3, 0.4) is 0 Å². The highest BCUT2D eigenvalue weighted by Gasteiger charge is 2.31. The zero-order chi connectivity index (χ0) is 12.6. The Morgan fingerprint density at radius 1 is 0.688 bits per heavy atom. The Labute approximate surface area is 107 Å². The quantitative estimate of drug-likeness (QED) is 0.586. The van der Waals surface area contributed by atoms with Gasteiger partial charge in [0.2, 0.25) is 0 Å². The van der Waals surface area contributed by atoms with Crippen LogP contribution in [-0.4, -0.2) is 35.0 Å². The third-order valence-electron chi connectivity index (χ3n) is 1.70. The molecule has 0 rings (SSSR count). The zero-order valence-corrected chi connectivity index (χ0v) is 12.8. The summed E-state index contributed by atoms with van der Waals surface area (Å²) in [6.45, 7) is 15.0. The van der Waals surface area contributed by atoms with Gasteiger partial charge in [0.05, 0.1) is 0 Å². The van der Waals surface area contributed by atoms with E-state index in [1.54, 1.807) is 0 Å². The van der Waals surface area contributed by atoms with Crippen LogP contribution in [0.2, 0.25) is 0 Å². The molecule has 0 spiro atoms. The first-order valence-electron chi connectivity index (χ1n) is 6.26. The largest absolute Gasteiger partial charge is 0.905 e. The molecule has 0 aromatic carbocycles. The van der Waals surface area contributed by atoms with Crippen LogP contribution < -0.4 is 0 Å². The van der Waals surface area contributed by atoms with Gasteiger partial charge in [0.15, 0.2) is 0 Å². The van der Waals surface area contributed by atoms with Crippen LogP contribution in [0, 0.1) is 17.8 Å². The third-order valence-corrected chi connectivity index (χ3v) is 3.09. The number of hydrogen-bond acceptors (Lipinski definition) is 3. The minimum atomic E-state index is -1.90. The Kier molecular flexibility index (Phi) is 9.69. The van der Waals surface area contributed by atoms with E-state index in [0.29, 0.717) is 17.8 Å². The van der Waals surface area contributed by atoms with Crippen LogP contribution in [0.15, 0.2) is 0 Å². The number of hydrogen-bond donors (Lipinski definition) is 0. The van der Waals surface area contributed by atoms with Crippen molar-refractivity contribution in [1.29, 1.82) is 0 Å². The minimum Gasteiger partial charge on any atom is -0.454 e. The molecule has 0 aliphatic heterocycles. The third kappa shape index (κ3) is 10.9. The molecule has 0 atom stereocenters. The fourth-order valence-corrected chi connectivity index (χ4v) is 2.87. The molecule has 98 valence electrons. The second-order valence-electron chi connectivity index (χ2n) is 5.47. The molecule has 0 bridgehead atoms. The molecule has 0 aliphatic rings. The van der Waals surface area contributed by atoms with E-state index in [9.17, 15) is 0 Å². The van der Waals surface area contributed by atoms with Crippen molar-refractivity contribution in [3.63, 3.8) is 0 Å². The molecule has 0 saturated heterocycles. The highest BCUT2D eigenvalue weighted by Crippen LogP contribution is 2.03. The van der Waals surface area contributed by atoms with E-state index in [0.717, 1.165) is 19.8 Å². The lowest BCUT2D eigenvalue weighted by atomic mass is 10.2. The molecular weight excluding hydrogens is 219 g/mol. The summed E-state index contributed by atoms with van der Waals surface area (Å²) in [5.74, 6) is 1.58. The van der Waals surface area contributed by atoms with Gasteiger partial charge in [-0.2, -0.15) is 0 Å². The summed E-state index contributed by atoms with van der Waals surface area (Å²) in [7, 11) is 0. The lowest BCUT2D eigenvalue weighted by Gasteiger charge is -2.17. The maximum Gasteiger partial charge on any atom is 0.905 e. The molecule has 0 aromatic heterocycles. The first-order chi connectivity index (χ1) is 7.41.